The molecule has 3 aliphatic rings. The SMILES string of the molecule is O=C(NCCCCC1CN(C(=O)c2ccccc2)C1)N1C=C2C=CNC=C2C1. The summed E-state index contributed by atoms with van der Waals surface area (Å²) in [5, 5.41) is 6.05. The first-order valence-electron chi connectivity index (χ1n) is 9.93. The molecule has 0 aliphatic carbocycles. The van der Waals surface area contributed by atoms with Gasteiger partial charge in [-0.1, -0.05) is 24.6 Å². The maximum Gasteiger partial charge on any atom is 0.321 e. The lowest BCUT2D eigenvalue weighted by Gasteiger charge is -2.39. The van der Waals surface area contributed by atoms with Crippen LogP contribution in [0.5, 0.6) is 0 Å². The zero-order valence-electron chi connectivity index (χ0n) is 15.9. The summed E-state index contributed by atoms with van der Waals surface area (Å²) >= 11 is 0. The number of amides is 3. The molecule has 6 nitrogen and oxygen atoms in total. The third-order valence-electron chi connectivity index (χ3n) is 5.46. The number of rotatable bonds is 6. The molecule has 0 aromatic heterocycles. The van der Waals surface area contributed by atoms with Gasteiger partial charge in [0.15, 0.2) is 0 Å². The summed E-state index contributed by atoms with van der Waals surface area (Å²) in [6, 6.07) is 9.42. The Morgan fingerprint density at radius 3 is 2.75 bits per heavy atom. The van der Waals surface area contributed by atoms with Crippen LogP contribution in [0, 0.1) is 5.92 Å². The molecular weight excluding hydrogens is 352 g/mol. The van der Waals surface area contributed by atoms with Gasteiger partial charge in [0.05, 0.1) is 6.54 Å². The van der Waals surface area contributed by atoms with E-state index in [1.807, 2.05) is 59.9 Å². The predicted octanol–water partition coefficient (Wildman–Crippen LogP) is 2.84. The lowest BCUT2D eigenvalue weighted by atomic mass is 9.93. The average molecular weight is 378 g/mol. The first kappa shape index (κ1) is 18.3. The van der Waals surface area contributed by atoms with E-state index >= 15 is 0 Å². The average Bonchev–Trinajstić information content (AvgIpc) is 3.13. The number of hydrogen-bond donors (Lipinski definition) is 2. The Kier molecular flexibility index (Phi) is 5.46. The Labute approximate surface area is 165 Å². The van der Waals surface area contributed by atoms with Gasteiger partial charge in [0, 0.05) is 43.8 Å². The Morgan fingerprint density at radius 2 is 1.96 bits per heavy atom. The summed E-state index contributed by atoms with van der Waals surface area (Å²) in [7, 11) is 0. The molecule has 1 fully saturated rings. The number of fused-ring (bicyclic) bond motifs is 1. The third-order valence-corrected chi connectivity index (χ3v) is 5.46. The van der Waals surface area contributed by atoms with Crippen molar-refractivity contribution in [3.8, 4) is 0 Å². The van der Waals surface area contributed by atoms with Crippen LogP contribution in [0.3, 0.4) is 0 Å². The molecule has 3 heterocycles. The van der Waals surface area contributed by atoms with E-state index in [1.54, 1.807) is 4.90 Å². The molecule has 3 aliphatic heterocycles. The van der Waals surface area contributed by atoms with Crippen LogP contribution in [0.2, 0.25) is 0 Å². The van der Waals surface area contributed by atoms with Gasteiger partial charge in [-0.3, -0.25) is 9.69 Å². The van der Waals surface area contributed by atoms with Crippen molar-refractivity contribution in [3.63, 3.8) is 0 Å². The second-order valence-electron chi connectivity index (χ2n) is 7.55. The molecule has 146 valence electrons. The van der Waals surface area contributed by atoms with Crippen LogP contribution >= 0.6 is 0 Å². The Balaban J connectivity index is 1.09. The molecule has 3 amide bonds. The van der Waals surface area contributed by atoms with Crippen molar-refractivity contribution in [2.24, 2.45) is 5.92 Å². The standard InChI is InChI=1S/C22H26N4O2/c27-21(18-7-2-1-3-8-18)25-13-17(14-25)6-4-5-10-24-22(28)26-15-19-9-11-23-12-20(19)16-26/h1-3,7-9,11-12,15,17,23H,4-6,10,13-14,16H2,(H,24,28). The number of urea groups is 1. The fourth-order valence-corrected chi connectivity index (χ4v) is 3.80. The summed E-state index contributed by atoms with van der Waals surface area (Å²) in [5.41, 5.74) is 2.99. The summed E-state index contributed by atoms with van der Waals surface area (Å²) in [4.78, 5) is 28.2. The minimum Gasteiger partial charge on any atom is -0.367 e. The van der Waals surface area contributed by atoms with Crippen LogP contribution in [-0.2, 0) is 0 Å². The van der Waals surface area contributed by atoms with Crippen LogP contribution < -0.4 is 10.6 Å². The van der Waals surface area contributed by atoms with Crippen molar-refractivity contribution in [1.82, 2.24) is 20.4 Å². The molecule has 2 N–H and O–H groups in total. The van der Waals surface area contributed by atoms with E-state index in [2.05, 4.69) is 10.6 Å². The van der Waals surface area contributed by atoms with Crippen molar-refractivity contribution in [1.29, 1.82) is 0 Å². The number of benzene rings is 1. The van der Waals surface area contributed by atoms with E-state index in [0.29, 0.717) is 19.0 Å². The van der Waals surface area contributed by atoms with E-state index < -0.39 is 0 Å². The van der Waals surface area contributed by atoms with Crippen LogP contribution in [0.25, 0.3) is 0 Å². The van der Waals surface area contributed by atoms with Gasteiger partial charge in [-0.05, 0) is 48.1 Å². The maximum absolute atomic E-state index is 12.3. The highest BCUT2D eigenvalue weighted by atomic mass is 16.2. The number of unbranched alkanes of at least 4 members (excludes halogenated alkanes) is 1. The molecule has 0 atom stereocenters. The minimum atomic E-state index is -0.0422. The third kappa shape index (κ3) is 4.11. The first-order valence-corrected chi connectivity index (χ1v) is 9.93. The summed E-state index contributed by atoms with van der Waals surface area (Å²) in [6.07, 6.45) is 10.8. The quantitative estimate of drug-likeness (QED) is 0.748. The Hall–Kier alpha value is -3.02. The monoisotopic (exact) mass is 378 g/mol. The smallest absolute Gasteiger partial charge is 0.321 e. The zero-order valence-corrected chi connectivity index (χ0v) is 15.9. The molecule has 1 saturated heterocycles. The van der Waals surface area contributed by atoms with E-state index in [-0.39, 0.29) is 11.9 Å². The van der Waals surface area contributed by atoms with Crippen molar-refractivity contribution < 1.29 is 9.59 Å². The van der Waals surface area contributed by atoms with Gasteiger partial charge in [-0.2, -0.15) is 0 Å². The van der Waals surface area contributed by atoms with Crippen LogP contribution in [0.1, 0.15) is 29.6 Å². The number of carbonyl (C=O) groups excluding carboxylic acids is 2. The summed E-state index contributed by atoms with van der Waals surface area (Å²) < 4.78 is 0. The lowest BCUT2D eigenvalue weighted by Crippen LogP contribution is -2.49. The number of allylic oxidation sites excluding steroid dienone is 1. The van der Waals surface area contributed by atoms with Crippen molar-refractivity contribution in [2.45, 2.75) is 19.3 Å². The molecule has 1 aromatic rings. The second kappa shape index (κ2) is 8.33. The molecule has 0 saturated carbocycles. The van der Waals surface area contributed by atoms with Crippen LogP contribution in [0.4, 0.5) is 4.79 Å². The number of dihydropyridines is 1. The van der Waals surface area contributed by atoms with Crippen LogP contribution in [0.15, 0.2) is 66.2 Å². The van der Waals surface area contributed by atoms with Gasteiger partial charge in [-0.15, -0.1) is 0 Å². The van der Waals surface area contributed by atoms with Gasteiger partial charge >= 0.3 is 6.03 Å². The van der Waals surface area contributed by atoms with Gasteiger partial charge in [-0.25, -0.2) is 4.79 Å². The van der Waals surface area contributed by atoms with Gasteiger partial charge in [0.2, 0.25) is 0 Å². The Morgan fingerprint density at radius 1 is 1.14 bits per heavy atom. The molecule has 6 heteroatoms. The highest BCUT2D eigenvalue weighted by Crippen LogP contribution is 2.24. The first-order chi connectivity index (χ1) is 13.7. The fraction of sp³-hybridized carbons (Fsp3) is 0.364. The molecule has 0 bridgehead atoms. The van der Waals surface area contributed by atoms with E-state index in [1.165, 1.54) is 0 Å². The van der Waals surface area contributed by atoms with Gasteiger partial charge in [0.25, 0.3) is 5.91 Å². The highest BCUT2D eigenvalue weighted by Gasteiger charge is 2.30. The van der Waals surface area contributed by atoms with Crippen molar-refractivity contribution in [2.75, 3.05) is 26.2 Å². The number of nitrogens with zero attached hydrogens (tertiary/aromatic N) is 2. The topological polar surface area (TPSA) is 64.7 Å². The van der Waals surface area contributed by atoms with E-state index in [0.717, 1.165) is 49.1 Å². The number of hydrogen-bond acceptors (Lipinski definition) is 3. The van der Waals surface area contributed by atoms with E-state index in [4.69, 9.17) is 0 Å². The van der Waals surface area contributed by atoms with Gasteiger partial charge in [0.1, 0.15) is 0 Å². The lowest BCUT2D eigenvalue weighted by molar-refractivity contribution is 0.0481. The summed E-state index contributed by atoms with van der Waals surface area (Å²) in [5.74, 6) is 0.714. The number of carbonyl (C=O) groups is 2. The highest BCUT2D eigenvalue weighted by molar-refractivity contribution is 5.94. The maximum atomic E-state index is 12.3. The van der Waals surface area contributed by atoms with Gasteiger partial charge < -0.3 is 15.5 Å². The molecule has 0 unspecified atom stereocenters. The Bertz CT molecular complexity index is 822. The number of likely N-dealkylation sites (tertiary alicyclic amines) is 1. The number of nitrogens with one attached hydrogen (secondary N) is 2. The van der Waals surface area contributed by atoms with E-state index in [9.17, 15) is 9.59 Å². The molecular formula is C22H26N4O2. The minimum absolute atomic E-state index is 0.0422. The fourth-order valence-electron chi connectivity index (χ4n) is 3.80. The summed E-state index contributed by atoms with van der Waals surface area (Å²) in [6.45, 7) is 2.99. The normalized spacial score (nSPS) is 18.0. The zero-order chi connectivity index (χ0) is 19.3. The molecule has 0 radical (unpaired) electrons. The molecule has 1 aromatic carbocycles. The largest absolute Gasteiger partial charge is 0.367 e. The van der Waals surface area contributed by atoms with Crippen molar-refractivity contribution in [3.05, 3.63) is 71.7 Å². The molecule has 28 heavy (non-hydrogen) atoms. The molecule has 0 spiro atoms. The second-order valence-corrected chi connectivity index (χ2v) is 7.55. The van der Waals surface area contributed by atoms with Crippen molar-refractivity contribution >= 4 is 11.9 Å². The molecule has 4 rings (SSSR count). The van der Waals surface area contributed by atoms with Crippen LogP contribution in [-0.4, -0.2) is 47.9 Å². The predicted molar refractivity (Wildman–Crippen MR) is 108 cm³/mol.